The number of benzene rings is 2. The minimum absolute atomic E-state index is 0.317. The van der Waals surface area contributed by atoms with Crippen molar-refractivity contribution in [3.8, 4) is 0 Å². The second-order valence-electron chi connectivity index (χ2n) is 4.20. The van der Waals surface area contributed by atoms with E-state index in [2.05, 4.69) is 0 Å². The van der Waals surface area contributed by atoms with E-state index in [0.717, 1.165) is 5.56 Å². The van der Waals surface area contributed by atoms with Crippen molar-refractivity contribution in [2.75, 3.05) is 0 Å². The molecule has 0 aliphatic rings. The maximum absolute atomic E-state index is 13.5. The van der Waals surface area contributed by atoms with Crippen molar-refractivity contribution in [3.63, 3.8) is 0 Å². The van der Waals surface area contributed by atoms with Crippen molar-refractivity contribution in [1.82, 2.24) is 0 Å². The van der Waals surface area contributed by atoms with E-state index in [-0.39, 0.29) is 5.82 Å². The highest BCUT2D eigenvalue weighted by atomic mass is 35.5. The Hall–Kier alpha value is -1.38. The zero-order valence-corrected chi connectivity index (χ0v) is 10.6. The molecule has 0 saturated carbocycles. The van der Waals surface area contributed by atoms with Crippen LogP contribution in [0.1, 0.15) is 23.7 Å². The average Bonchev–Trinajstić information content (AvgIpc) is 2.38. The van der Waals surface area contributed by atoms with Gasteiger partial charge in [0.05, 0.1) is 6.10 Å². The van der Waals surface area contributed by atoms with Crippen LogP contribution in [0.3, 0.4) is 0 Å². The summed E-state index contributed by atoms with van der Waals surface area (Å²) >= 11 is 5.69. The predicted octanol–water partition coefficient (Wildman–Crippen LogP) is 4.15. The Balaban J connectivity index is 1.99. The smallest absolute Gasteiger partial charge is 0.127 e. The van der Waals surface area contributed by atoms with Gasteiger partial charge in [0.2, 0.25) is 0 Å². The van der Waals surface area contributed by atoms with Gasteiger partial charge in [-0.25, -0.2) is 4.39 Å². The molecule has 1 N–H and O–H groups in total. The van der Waals surface area contributed by atoms with Gasteiger partial charge in [-0.1, -0.05) is 48.0 Å². The maximum atomic E-state index is 13.5. The molecule has 2 aromatic rings. The van der Waals surface area contributed by atoms with Crippen molar-refractivity contribution in [2.24, 2.45) is 0 Å². The van der Waals surface area contributed by atoms with Gasteiger partial charge in [0.15, 0.2) is 0 Å². The van der Waals surface area contributed by atoms with E-state index < -0.39 is 6.10 Å². The second kappa shape index (κ2) is 5.98. The van der Waals surface area contributed by atoms with Gasteiger partial charge in [0, 0.05) is 5.02 Å². The molecule has 1 nitrogen and oxygen atoms in total. The molecule has 0 spiro atoms. The van der Waals surface area contributed by atoms with Gasteiger partial charge in [-0.05, 0) is 36.1 Å². The molecule has 94 valence electrons. The van der Waals surface area contributed by atoms with Crippen LogP contribution in [-0.4, -0.2) is 5.11 Å². The minimum atomic E-state index is -0.568. The molecule has 18 heavy (non-hydrogen) atoms. The van der Waals surface area contributed by atoms with E-state index in [1.54, 1.807) is 12.1 Å². The molecule has 0 saturated heterocycles. The summed E-state index contributed by atoms with van der Waals surface area (Å²) in [4.78, 5) is 0. The summed E-state index contributed by atoms with van der Waals surface area (Å²) in [7, 11) is 0. The average molecular weight is 265 g/mol. The molecule has 0 bridgehead atoms. The molecule has 0 radical (unpaired) electrons. The van der Waals surface area contributed by atoms with Gasteiger partial charge in [-0.15, -0.1) is 0 Å². The number of rotatable bonds is 4. The van der Waals surface area contributed by atoms with Gasteiger partial charge < -0.3 is 5.11 Å². The molecule has 0 aromatic heterocycles. The van der Waals surface area contributed by atoms with Crippen LogP contribution in [0.4, 0.5) is 4.39 Å². The Kier molecular flexibility index (Phi) is 4.34. The Morgan fingerprint density at radius 1 is 1.11 bits per heavy atom. The van der Waals surface area contributed by atoms with Crippen molar-refractivity contribution in [3.05, 3.63) is 70.5 Å². The topological polar surface area (TPSA) is 20.2 Å². The zero-order valence-electron chi connectivity index (χ0n) is 9.81. The summed E-state index contributed by atoms with van der Waals surface area (Å²) in [5.41, 5.74) is 1.43. The number of aryl methyl sites for hydroxylation is 1. The number of halogens is 2. The lowest BCUT2D eigenvalue weighted by atomic mass is 10.0. The predicted molar refractivity (Wildman–Crippen MR) is 71.1 cm³/mol. The monoisotopic (exact) mass is 264 g/mol. The van der Waals surface area contributed by atoms with Crippen molar-refractivity contribution >= 4 is 11.6 Å². The third-order valence-corrected chi connectivity index (χ3v) is 3.12. The van der Waals surface area contributed by atoms with Crippen LogP contribution in [0.25, 0.3) is 0 Å². The summed E-state index contributed by atoms with van der Waals surface area (Å²) in [6.45, 7) is 0. The van der Waals surface area contributed by atoms with Crippen LogP contribution >= 0.6 is 11.6 Å². The summed E-state index contributed by atoms with van der Waals surface area (Å²) in [5.74, 6) is -0.317. The molecule has 1 atom stereocenters. The molecule has 3 heteroatoms. The minimum Gasteiger partial charge on any atom is -0.388 e. The van der Waals surface area contributed by atoms with Crippen LogP contribution in [-0.2, 0) is 6.42 Å². The number of aliphatic hydroxyl groups is 1. The van der Waals surface area contributed by atoms with Crippen molar-refractivity contribution in [2.45, 2.75) is 18.9 Å². The summed E-state index contributed by atoms with van der Waals surface area (Å²) < 4.78 is 13.5. The quantitative estimate of drug-likeness (QED) is 0.880. The number of hydrogen-bond donors (Lipinski definition) is 1. The van der Waals surface area contributed by atoms with E-state index in [1.807, 2.05) is 30.3 Å². The van der Waals surface area contributed by atoms with Gasteiger partial charge in [-0.3, -0.25) is 0 Å². The van der Waals surface area contributed by atoms with Gasteiger partial charge in [-0.2, -0.15) is 0 Å². The fourth-order valence-electron chi connectivity index (χ4n) is 1.86. The van der Waals surface area contributed by atoms with Gasteiger partial charge in [0.25, 0.3) is 0 Å². The van der Waals surface area contributed by atoms with Crippen LogP contribution in [0.5, 0.6) is 0 Å². The Morgan fingerprint density at radius 3 is 2.50 bits per heavy atom. The Morgan fingerprint density at radius 2 is 1.83 bits per heavy atom. The molecule has 2 aromatic carbocycles. The lowest BCUT2D eigenvalue weighted by Gasteiger charge is -2.11. The van der Waals surface area contributed by atoms with E-state index in [0.29, 0.717) is 23.4 Å². The summed E-state index contributed by atoms with van der Waals surface area (Å²) in [6.07, 6.45) is 0.406. The first-order chi connectivity index (χ1) is 8.66. The first-order valence-corrected chi connectivity index (χ1v) is 6.21. The highest BCUT2D eigenvalue weighted by Gasteiger charge is 2.09. The fraction of sp³-hybridized carbons (Fsp3) is 0.200. The molecule has 0 heterocycles. The lowest BCUT2D eigenvalue weighted by Crippen LogP contribution is -2.00. The van der Waals surface area contributed by atoms with Crippen molar-refractivity contribution < 1.29 is 9.50 Å². The van der Waals surface area contributed by atoms with Gasteiger partial charge >= 0.3 is 0 Å². The maximum Gasteiger partial charge on any atom is 0.127 e. The molecule has 1 unspecified atom stereocenters. The molecular formula is C15H14ClFO. The van der Waals surface area contributed by atoms with E-state index in [9.17, 15) is 9.50 Å². The first kappa shape index (κ1) is 13.1. The number of hydrogen-bond acceptors (Lipinski definition) is 1. The molecule has 2 rings (SSSR count). The highest BCUT2D eigenvalue weighted by molar-refractivity contribution is 6.30. The normalized spacial score (nSPS) is 12.4. The van der Waals surface area contributed by atoms with Crippen LogP contribution in [0.2, 0.25) is 5.02 Å². The fourth-order valence-corrected chi connectivity index (χ4v) is 2.02. The molecular weight excluding hydrogens is 251 g/mol. The molecule has 0 amide bonds. The van der Waals surface area contributed by atoms with Gasteiger partial charge in [0.1, 0.15) is 5.82 Å². The van der Waals surface area contributed by atoms with E-state index >= 15 is 0 Å². The Bertz CT molecular complexity index is 513. The molecule has 0 fully saturated rings. The highest BCUT2D eigenvalue weighted by Crippen LogP contribution is 2.21. The third-order valence-electron chi connectivity index (χ3n) is 2.89. The summed E-state index contributed by atoms with van der Waals surface area (Å²) in [6, 6.07) is 14.0. The third kappa shape index (κ3) is 3.31. The van der Waals surface area contributed by atoms with E-state index in [4.69, 9.17) is 11.6 Å². The lowest BCUT2D eigenvalue weighted by molar-refractivity contribution is 0.167. The van der Waals surface area contributed by atoms with E-state index in [1.165, 1.54) is 6.07 Å². The first-order valence-electron chi connectivity index (χ1n) is 5.84. The largest absolute Gasteiger partial charge is 0.388 e. The van der Waals surface area contributed by atoms with Crippen LogP contribution in [0.15, 0.2) is 48.5 Å². The van der Waals surface area contributed by atoms with Crippen LogP contribution in [0, 0.1) is 5.82 Å². The number of aliphatic hydroxyl groups excluding tert-OH is 1. The van der Waals surface area contributed by atoms with Crippen molar-refractivity contribution in [1.29, 1.82) is 0 Å². The molecule has 0 aliphatic heterocycles. The second-order valence-corrected chi connectivity index (χ2v) is 4.64. The standard InChI is InChI=1S/C15H14ClFO/c16-13-8-6-11(14(17)10-13)7-9-15(18)12-4-2-1-3-5-12/h1-6,8,10,15,18H,7,9H2. The SMILES string of the molecule is OC(CCc1ccc(Cl)cc1F)c1ccccc1. The Labute approximate surface area is 111 Å². The zero-order chi connectivity index (χ0) is 13.0. The van der Waals surface area contributed by atoms with Crippen LogP contribution < -0.4 is 0 Å². The molecule has 0 aliphatic carbocycles. The summed E-state index contributed by atoms with van der Waals surface area (Å²) in [5, 5.41) is 10.4.